The maximum absolute atomic E-state index is 12.8. The van der Waals surface area contributed by atoms with E-state index in [9.17, 15) is 4.79 Å². The van der Waals surface area contributed by atoms with Crippen LogP contribution in [-0.2, 0) is 0 Å². The van der Waals surface area contributed by atoms with Crippen molar-refractivity contribution in [2.75, 3.05) is 6.54 Å². The van der Waals surface area contributed by atoms with Crippen molar-refractivity contribution in [3.8, 4) is 0 Å². The fraction of sp³-hybridized carbons (Fsp3) is 0.533. The molecule has 3 rings (SSSR count). The highest BCUT2D eigenvalue weighted by Crippen LogP contribution is 2.37. The summed E-state index contributed by atoms with van der Waals surface area (Å²) in [6.07, 6.45) is 6.31. The van der Waals surface area contributed by atoms with Crippen molar-refractivity contribution in [3.05, 3.63) is 31.8 Å². The van der Waals surface area contributed by atoms with E-state index in [0.717, 1.165) is 26.1 Å². The van der Waals surface area contributed by atoms with Gasteiger partial charge in [0, 0.05) is 20.6 Å². The van der Waals surface area contributed by atoms with Crippen LogP contribution in [0.4, 0.5) is 0 Å². The maximum Gasteiger partial charge on any atom is 0.255 e. The molecule has 1 heterocycles. The summed E-state index contributed by atoms with van der Waals surface area (Å²) in [7, 11) is 0. The minimum Gasteiger partial charge on any atom is -0.335 e. The number of hydrogen-bond donors (Lipinski definition) is 0. The standard InChI is InChI=1S/C15H17BrINO/c16-13-6-5-11(17)9-12(13)15(19)18-8-7-10-3-1-2-4-14(10)18/h5-6,9-10,14H,1-4,7-8H2. The Bertz CT molecular complexity index is 505. The minimum absolute atomic E-state index is 0.208. The van der Waals surface area contributed by atoms with Crippen molar-refractivity contribution in [3.63, 3.8) is 0 Å². The summed E-state index contributed by atoms with van der Waals surface area (Å²) < 4.78 is 2.03. The number of fused-ring (bicyclic) bond motifs is 1. The van der Waals surface area contributed by atoms with Gasteiger partial charge in [0.25, 0.3) is 5.91 Å². The molecule has 0 N–H and O–H groups in total. The molecule has 2 atom stereocenters. The highest BCUT2D eigenvalue weighted by atomic mass is 127. The fourth-order valence-electron chi connectivity index (χ4n) is 3.47. The average Bonchev–Trinajstić information content (AvgIpc) is 2.84. The molecule has 1 aromatic carbocycles. The molecule has 1 amide bonds. The number of nitrogens with zero attached hydrogens (tertiary/aromatic N) is 1. The van der Waals surface area contributed by atoms with Gasteiger partial charge in [-0.1, -0.05) is 12.8 Å². The summed E-state index contributed by atoms with van der Waals surface area (Å²) in [4.78, 5) is 14.9. The lowest BCUT2D eigenvalue weighted by Crippen LogP contribution is -2.39. The summed E-state index contributed by atoms with van der Waals surface area (Å²) in [5.41, 5.74) is 0.818. The summed E-state index contributed by atoms with van der Waals surface area (Å²) in [6, 6.07) is 6.48. The topological polar surface area (TPSA) is 20.3 Å². The third-order valence-electron chi connectivity index (χ3n) is 4.43. The van der Waals surface area contributed by atoms with Crippen LogP contribution in [0.5, 0.6) is 0 Å². The molecular formula is C15H17BrINO. The first-order chi connectivity index (χ1) is 9.16. The number of benzene rings is 1. The van der Waals surface area contributed by atoms with Crippen molar-refractivity contribution < 1.29 is 4.79 Å². The van der Waals surface area contributed by atoms with Crippen molar-refractivity contribution in [2.24, 2.45) is 5.92 Å². The average molecular weight is 434 g/mol. The predicted octanol–water partition coefficient (Wildman–Crippen LogP) is 4.46. The molecule has 102 valence electrons. The van der Waals surface area contributed by atoms with Gasteiger partial charge in [-0.3, -0.25) is 4.79 Å². The van der Waals surface area contributed by atoms with Gasteiger partial charge in [0.1, 0.15) is 0 Å². The normalized spacial score (nSPS) is 26.3. The number of amides is 1. The van der Waals surface area contributed by atoms with Crippen molar-refractivity contribution in [2.45, 2.75) is 38.1 Å². The first kappa shape index (κ1) is 13.9. The van der Waals surface area contributed by atoms with Gasteiger partial charge in [-0.05, 0) is 81.9 Å². The quantitative estimate of drug-likeness (QED) is 0.599. The smallest absolute Gasteiger partial charge is 0.255 e. The summed E-state index contributed by atoms with van der Waals surface area (Å²) in [5, 5.41) is 0. The van der Waals surface area contributed by atoms with Crippen LogP contribution in [0, 0.1) is 9.49 Å². The Morgan fingerprint density at radius 3 is 2.89 bits per heavy atom. The van der Waals surface area contributed by atoms with Gasteiger partial charge < -0.3 is 4.90 Å². The SMILES string of the molecule is O=C(c1cc(I)ccc1Br)N1CCC2CCCCC21. The van der Waals surface area contributed by atoms with Gasteiger partial charge in [-0.25, -0.2) is 0 Å². The van der Waals surface area contributed by atoms with Gasteiger partial charge in [0.2, 0.25) is 0 Å². The zero-order valence-corrected chi connectivity index (χ0v) is 14.5. The summed E-state index contributed by atoms with van der Waals surface area (Å²) in [6.45, 7) is 0.937. The van der Waals surface area contributed by atoms with E-state index < -0.39 is 0 Å². The highest BCUT2D eigenvalue weighted by molar-refractivity contribution is 14.1. The van der Waals surface area contributed by atoms with E-state index >= 15 is 0 Å². The Balaban J connectivity index is 1.85. The Hall–Kier alpha value is -0.100. The zero-order valence-electron chi connectivity index (χ0n) is 10.7. The first-order valence-corrected chi connectivity index (χ1v) is 8.80. The second kappa shape index (κ2) is 5.72. The molecule has 0 radical (unpaired) electrons. The highest BCUT2D eigenvalue weighted by Gasteiger charge is 2.38. The van der Waals surface area contributed by atoms with Crippen LogP contribution in [0.1, 0.15) is 42.5 Å². The third kappa shape index (κ3) is 2.71. The molecule has 0 aromatic heterocycles. The lowest BCUT2D eigenvalue weighted by Gasteiger charge is -2.32. The largest absolute Gasteiger partial charge is 0.335 e. The molecule has 4 heteroatoms. The Morgan fingerprint density at radius 2 is 2.05 bits per heavy atom. The van der Waals surface area contributed by atoms with E-state index in [4.69, 9.17) is 0 Å². The second-order valence-electron chi connectivity index (χ2n) is 5.52. The second-order valence-corrected chi connectivity index (χ2v) is 7.62. The molecule has 2 nitrogen and oxygen atoms in total. The molecule has 19 heavy (non-hydrogen) atoms. The van der Waals surface area contributed by atoms with Gasteiger partial charge in [-0.2, -0.15) is 0 Å². The van der Waals surface area contributed by atoms with Crippen LogP contribution in [0.25, 0.3) is 0 Å². The molecule has 1 aliphatic carbocycles. The van der Waals surface area contributed by atoms with E-state index in [1.807, 2.05) is 18.2 Å². The minimum atomic E-state index is 0.208. The van der Waals surface area contributed by atoms with Crippen LogP contribution >= 0.6 is 38.5 Å². The number of carbonyl (C=O) groups is 1. The van der Waals surface area contributed by atoms with Gasteiger partial charge in [0.05, 0.1) is 5.56 Å². The number of hydrogen-bond acceptors (Lipinski definition) is 1. The van der Waals surface area contributed by atoms with Crippen LogP contribution in [0.15, 0.2) is 22.7 Å². The van der Waals surface area contributed by atoms with Crippen LogP contribution in [-0.4, -0.2) is 23.4 Å². The number of rotatable bonds is 1. The van der Waals surface area contributed by atoms with Gasteiger partial charge in [-0.15, -0.1) is 0 Å². The van der Waals surface area contributed by atoms with Gasteiger partial charge >= 0.3 is 0 Å². The number of carbonyl (C=O) groups excluding carboxylic acids is 1. The summed E-state index contributed by atoms with van der Waals surface area (Å²) in [5.74, 6) is 0.957. The van der Waals surface area contributed by atoms with Gasteiger partial charge in [0.15, 0.2) is 0 Å². The Morgan fingerprint density at radius 1 is 1.26 bits per heavy atom. The van der Waals surface area contributed by atoms with Crippen molar-refractivity contribution >= 4 is 44.4 Å². The molecule has 1 saturated carbocycles. The van der Waals surface area contributed by atoms with E-state index in [2.05, 4.69) is 43.4 Å². The van der Waals surface area contributed by atoms with E-state index in [0.29, 0.717) is 6.04 Å². The molecule has 1 aliphatic heterocycles. The van der Waals surface area contributed by atoms with Crippen molar-refractivity contribution in [1.29, 1.82) is 0 Å². The van der Waals surface area contributed by atoms with Crippen LogP contribution in [0.3, 0.4) is 0 Å². The van der Waals surface area contributed by atoms with Crippen LogP contribution in [0.2, 0.25) is 0 Å². The van der Waals surface area contributed by atoms with E-state index in [1.165, 1.54) is 32.1 Å². The molecule has 2 unspecified atom stereocenters. The molecule has 1 saturated heterocycles. The molecule has 2 fully saturated rings. The number of likely N-dealkylation sites (tertiary alicyclic amines) is 1. The molecule has 0 spiro atoms. The third-order valence-corrected chi connectivity index (χ3v) is 5.79. The monoisotopic (exact) mass is 433 g/mol. The lowest BCUT2D eigenvalue weighted by atomic mass is 9.85. The Labute approximate surface area is 136 Å². The summed E-state index contributed by atoms with van der Waals surface area (Å²) >= 11 is 5.78. The van der Waals surface area contributed by atoms with E-state index in [-0.39, 0.29) is 5.91 Å². The zero-order chi connectivity index (χ0) is 13.4. The maximum atomic E-state index is 12.8. The van der Waals surface area contributed by atoms with Crippen LogP contribution < -0.4 is 0 Å². The number of halogens is 2. The lowest BCUT2D eigenvalue weighted by molar-refractivity contribution is 0.0689. The van der Waals surface area contributed by atoms with Crippen molar-refractivity contribution in [1.82, 2.24) is 4.90 Å². The molecular weight excluding hydrogens is 417 g/mol. The first-order valence-electron chi connectivity index (χ1n) is 6.93. The van der Waals surface area contributed by atoms with E-state index in [1.54, 1.807) is 0 Å². The molecule has 2 aliphatic rings. The predicted molar refractivity (Wildman–Crippen MR) is 88.3 cm³/mol. The molecule has 1 aromatic rings. The molecule has 0 bridgehead atoms. The Kier molecular flexibility index (Phi) is 4.17. The fourth-order valence-corrected chi connectivity index (χ4v) is 4.38.